The maximum Gasteiger partial charge on any atom is 0.337 e. The minimum Gasteiger partial charge on any atom is -0.478 e. The Morgan fingerprint density at radius 3 is 2.79 bits per heavy atom. The van der Waals surface area contributed by atoms with E-state index >= 15 is 0 Å². The number of ether oxygens (including phenoxy) is 1. The van der Waals surface area contributed by atoms with Crippen molar-refractivity contribution in [1.82, 2.24) is 0 Å². The Kier molecular flexibility index (Phi) is 5.75. The first-order chi connectivity index (χ1) is 8.95. The van der Waals surface area contributed by atoms with Gasteiger partial charge in [-0.1, -0.05) is 11.6 Å². The lowest BCUT2D eigenvalue weighted by atomic mass is 10.1. The van der Waals surface area contributed by atoms with Crippen molar-refractivity contribution in [2.45, 2.75) is 12.5 Å². The highest BCUT2D eigenvalue weighted by molar-refractivity contribution is 6.33. The average molecular weight is 287 g/mol. The topological polar surface area (TPSA) is 102 Å². The van der Waals surface area contributed by atoms with Gasteiger partial charge in [-0.3, -0.25) is 4.79 Å². The zero-order valence-electron chi connectivity index (χ0n) is 10.4. The Bertz CT molecular complexity index is 479. The van der Waals surface area contributed by atoms with E-state index < -0.39 is 17.9 Å². The van der Waals surface area contributed by atoms with Gasteiger partial charge in [0.05, 0.1) is 16.6 Å². The number of aromatic carboxylic acids is 1. The monoisotopic (exact) mass is 286 g/mol. The van der Waals surface area contributed by atoms with Crippen molar-refractivity contribution < 1.29 is 19.4 Å². The summed E-state index contributed by atoms with van der Waals surface area (Å²) in [4.78, 5) is 22.6. The van der Waals surface area contributed by atoms with Crippen LogP contribution in [0.4, 0.5) is 5.69 Å². The second kappa shape index (κ2) is 7.08. The van der Waals surface area contributed by atoms with Crippen molar-refractivity contribution in [1.29, 1.82) is 0 Å². The minimum atomic E-state index is -1.16. The van der Waals surface area contributed by atoms with E-state index in [1.807, 2.05) is 0 Å². The van der Waals surface area contributed by atoms with Crippen LogP contribution in [-0.4, -0.2) is 36.7 Å². The molecule has 6 nitrogen and oxygen atoms in total. The van der Waals surface area contributed by atoms with Gasteiger partial charge in [0, 0.05) is 19.4 Å². The molecule has 0 spiro atoms. The molecule has 1 unspecified atom stereocenters. The van der Waals surface area contributed by atoms with Gasteiger partial charge < -0.3 is 20.9 Å². The van der Waals surface area contributed by atoms with Gasteiger partial charge in [0.2, 0.25) is 5.91 Å². The third kappa shape index (κ3) is 4.51. The summed E-state index contributed by atoms with van der Waals surface area (Å²) in [5.74, 6) is -1.57. The normalized spacial score (nSPS) is 11.9. The SMILES string of the molecule is COCCC(N)C(=O)Nc1ccc(Cl)c(C(=O)O)c1. The van der Waals surface area contributed by atoms with Gasteiger partial charge in [0.25, 0.3) is 0 Å². The number of hydrogen-bond donors (Lipinski definition) is 3. The first kappa shape index (κ1) is 15.4. The molecule has 1 atom stereocenters. The Morgan fingerprint density at radius 2 is 2.21 bits per heavy atom. The predicted molar refractivity (Wildman–Crippen MR) is 71.5 cm³/mol. The molecule has 0 saturated heterocycles. The molecule has 0 fully saturated rings. The molecule has 1 aromatic carbocycles. The number of anilines is 1. The smallest absolute Gasteiger partial charge is 0.337 e. The van der Waals surface area contributed by atoms with Crippen LogP contribution in [0.5, 0.6) is 0 Å². The van der Waals surface area contributed by atoms with E-state index in [4.69, 9.17) is 27.2 Å². The molecule has 4 N–H and O–H groups in total. The first-order valence-corrected chi connectivity index (χ1v) is 5.91. The third-order valence-electron chi connectivity index (χ3n) is 2.43. The predicted octanol–water partition coefficient (Wildman–Crippen LogP) is 1.34. The molecule has 0 bridgehead atoms. The number of carboxylic acid groups (broad SMARTS) is 1. The summed E-state index contributed by atoms with van der Waals surface area (Å²) in [6.07, 6.45) is 0.377. The number of hydrogen-bond acceptors (Lipinski definition) is 4. The highest BCUT2D eigenvalue weighted by Crippen LogP contribution is 2.20. The molecule has 0 aromatic heterocycles. The van der Waals surface area contributed by atoms with Crippen molar-refractivity contribution in [2.24, 2.45) is 5.73 Å². The van der Waals surface area contributed by atoms with Crippen LogP contribution in [0.15, 0.2) is 18.2 Å². The van der Waals surface area contributed by atoms with Crippen LogP contribution in [0, 0.1) is 0 Å². The van der Waals surface area contributed by atoms with Gasteiger partial charge in [0.1, 0.15) is 0 Å². The molecule has 1 amide bonds. The van der Waals surface area contributed by atoms with Crippen molar-refractivity contribution in [3.8, 4) is 0 Å². The molecule has 0 aliphatic rings. The fourth-order valence-electron chi connectivity index (χ4n) is 1.38. The molecule has 0 aliphatic carbocycles. The van der Waals surface area contributed by atoms with E-state index in [1.165, 1.54) is 25.3 Å². The number of carboxylic acids is 1. The van der Waals surface area contributed by atoms with Crippen LogP contribution in [-0.2, 0) is 9.53 Å². The third-order valence-corrected chi connectivity index (χ3v) is 2.76. The van der Waals surface area contributed by atoms with E-state index in [1.54, 1.807) is 0 Å². The van der Waals surface area contributed by atoms with Crippen LogP contribution in [0.25, 0.3) is 0 Å². The molecule has 19 heavy (non-hydrogen) atoms. The van der Waals surface area contributed by atoms with Crippen LogP contribution in [0.1, 0.15) is 16.8 Å². The van der Waals surface area contributed by atoms with Crippen molar-refractivity contribution in [3.63, 3.8) is 0 Å². The Labute approximate surface area is 115 Å². The van der Waals surface area contributed by atoms with Gasteiger partial charge in [0.15, 0.2) is 0 Å². The summed E-state index contributed by atoms with van der Waals surface area (Å²) in [6, 6.07) is 3.48. The highest BCUT2D eigenvalue weighted by Gasteiger charge is 2.15. The van der Waals surface area contributed by atoms with E-state index in [9.17, 15) is 9.59 Å². The zero-order valence-corrected chi connectivity index (χ0v) is 11.1. The molecule has 1 rings (SSSR count). The van der Waals surface area contributed by atoms with Crippen LogP contribution in [0.2, 0.25) is 5.02 Å². The average Bonchev–Trinajstić information content (AvgIpc) is 2.37. The van der Waals surface area contributed by atoms with Crippen molar-refractivity contribution in [2.75, 3.05) is 19.0 Å². The summed E-state index contributed by atoms with van der Waals surface area (Å²) >= 11 is 5.72. The van der Waals surface area contributed by atoms with Crippen LogP contribution in [0.3, 0.4) is 0 Å². The van der Waals surface area contributed by atoms with Crippen LogP contribution < -0.4 is 11.1 Å². The lowest BCUT2D eigenvalue weighted by molar-refractivity contribution is -0.117. The molecule has 0 radical (unpaired) electrons. The van der Waals surface area contributed by atoms with Crippen molar-refractivity contribution >= 4 is 29.2 Å². The second-order valence-corrected chi connectivity index (χ2v) is 4.28. The Morgan fingerprint density at radius 1 is 1.53 bits per heavy atom. The minimum absolute atomic E-state index is 0.0788. The number of nitrogens with one attached hydrogen (secondary N) is 1. The van der Waals surface area contributed by atoms with Gasteiger partial charge in [-0.25, -0.2) is 4.79 Å². The summed E-state index contributed by atoms with van der Waals surface area (Å²) in [5, 5.41) is 11.5. The molecule has 0 aliphatic heterocycles. The molecule has 104 valence electrons. The highest BCUT2D eigenvalue weighted by atomic mass is 35.5. The molecule has 1 aromatic rings. The molecule has 7 heteroatoms. The standard InChI is InChI=1S/C12H15ClN2O4/c1-19-5-4-10(14)11(16)15-7-2-3-9(13)8(6-7)12(17)18/h2-3,6,10H,4-5,14H2,1H3,(H,15,16)(H,17,18). The van der Waals surface area contributed by atoms with Crippen LogP contribution >= 0.6 is 11.6 Å². The van der Waals surface area contributed by atoms with E-state index in [0.717, 1.165) is 0 Å². The second-order valence-electron chi connectivity index (χ2n) is 3.88. The number of carbonyl (C=O) groups is 2. The van der Waals surface area contributed by atoms with Gasteiger partial charge in [-0.2, -0.15) is 0 Å². The Hall–Kier alpha value is -1.63. The van der Waals surface area contributed by atoms with E-state index in [-0.39, 0.29) is 10.6 Å². The Balaban J connectivity index is 2.74. The lowest BCUT2D eigenvalue weighted by Crippen LogP contribution is -2.36. The molecular formula is C12H15ClN2O4. The van der Waals surface area contributed by atoms with Gasteiger partial charge >= 0.3 is 5.97 Å². The van der Waals surface area contributed by atoms with E-state index in [2.05, 4.69) is 5.32 Å². The summed E-state index contributed by atoms with van der Waals surface area (Å²) in [5.41, 5.74) is 5.90. The molecule has 0 saturated carbocycles. The largest absolute Gasteiger partial charge is 0.478 e. The maximum absolute atomic E-state index is 11.7. The van der Waals surface area contributed by atoms with E-state index in [0.29, 0.717) is 18.7 Å². The number of methoxy groups -OCH3 is 1. The summed E-state index contributed by atoms with van der Waals surface area (Å²) < 4.78 is 4.82. The maximum atomic E-state index is 11.7. The van der Waals surface area contributed by atoms with Gasteiger partial charge in [-0.05, 0) is 24.6 Å². The number of benzene rings is 1. The fourth-order valence-corrected chi connectivity index (χ4v) is 1.58. The molecule has 0 heterocycles. The number of amides is 1. The molecular weight excluding hydrogens is 272 g/mol. The number of nitrogens with two attached hydrogens (primary N) is 1. The van der Waals surface area contributed by atoms with Crippen molar-refractivity contribution in [3.05, 3.63) is 28.8 Å². The number of halogens is 1. The first-order valence-electron chi connectivity index (χ1n) is 5.54. The fraction of sp³-hybridized carbons (Fsp3) is 0.333. The summed E-state index contributed by atoms with van der Waals surface area (Å²) in [7, 11) is 1.52. The lowest BCUT2D eigenvalue weighted by Gasteiger charge is -2.12. The van der Waals surface area contributed by atoms with Gasteiger partial charge in [-0.15, -0.1) is 0 Å². The summed E-state index contributed by atoms with van der Waals surface area (Å²) in [6.45, 7) is 0.371. The quantitative estimate of drug-likeness (QED) is 0.732. The zero-order chi connectivity index (χ0) is 14.4. The number of rotatable bonds is 6. The number of carbonyl (C=O) groups excluding carboxylic acids is 1.